The van der Waals surface area contributed by atoms with Crippen molar-refractivity contribution in [3.05, 3.63) is 158 Å². The highest BCUT2D eigenvalue weighted by atomic mass is 35.5. The van der Waals surface area contributed by atoms with E-state index in [1.807, 2.05) is 6.79 Å². The third-order valence-corrected chi connectivity index (χ3v) is 18.6. The third kappa shape index (κ3) is 20.3. The average Bonchev–Trinajstić information content (AvgIpc) is 3.67. The number of carbonyl (C=O) groups excluding carboxylic acids is 4. The number of rotatable bonds is 26. The first-order valence-corrected chi connectivity index (χ1v) is 31.3. The molecule has 0 fully saturated rings. The molecule has 0 aliphatic heterocycles. The number of carbonyl (C=O) groups is 4. The van der Waals surface area contributed by atoms with Crippen molar-refractivity contribution in [3.8, 4) is 17.2 Å². The van der Waals surface area contributed by atoms with Crippen LogP contribution in [-0.2, 0) is 35.4 Å². The van der Waals surface area contributed by atoms with Crippen molar-refractivity contribution >= 4 is 113 Å². The van der Waals surface area contributed by atoms with E-state index < -0.39 is 71.3 Å². The summed E-state index contributed by atoms with van der Waals surface area (Å²) in [6, 6.07) is 25.1. The second kappa shape index (κ2) is 33.2. The Morgan fingerprint density at radius 3 is 1.61 bits per heavy atom. The first-order valence-electron chi connectivity index (χ1n) is 26.7. The van der Waals surface area contributed by atoms with Crippen LogP contribution in [-0.4, -0.2) is 68.8 Å². The Morgan fingerprint density at radius 2 is 1.08 bits per heavy atom. The minimum atomic E-state index is -4.53. The molecule has 0 heterocycles. The van der Waals surface area contributed by atoms with Gasteiger partial charge in [-0.15, -0.1) is 0 Å². The lowest BCUT2D eigenvalue weighted by atomic mass is 10.1. The Hall–Kier alpha value is -6.55. The van der Waals surface area contributed by atoms with Crippen LogP contribution >= 0.6 is 46.4 Å². The van der Waals surface area contributed by atoms with Crippen molar-refractivity contribution in [3.63, 3.8) is 0 Å². The fraction of sp³-hybridized carbons (Fsp3) is 0.333. The van der Waals surface area contributed by atoms with Gasteiger partial charge in [0.25, 0.3) is 11.8 Å². The standard InChI is InChI=1S/C35H43Cl3N2O6S.C24H22ClF3N2O4S.CH2O/c1-3-5-6-7-8-9-10-11-12-13-20-46-25-15-17-26(18-16-25)47(44,45)33(4-2)35(43)39-30-23-32(41)31(22-29(30)38)40-34(42)24-14-19-27(36)28(37)21-24;1-3-22(35(33,34)17-6-4-5-14(2)11-17)29-19-13-21(31)20(12-18(19)25)30-23(32)15-7-9-16(10-8-15)24(26,27)28;1-2/h14-19,21-23,33,41H,3-13,20H2,1-2H3,(H,39,43)(H,40,42);4-13,22,29,31H,3H2,1-2H3,(H,30,32);1H2. The van der Waals surface area contributed by atoms with Crippen LogP contribution in [0.5, 0.6) is 17.2 Å². The normalized spacial score (nSPS) is 12.1. The number of aryl methyl sites for hydroxylation is 1. The number of unbranched alkanes of at least 4 members (excludes halogenated alkanes) is 9. The average molecular weight is 1280 g/mol. The molecule has 6 N–H and O–H groups in total. The van der Waals surface area contributed by atoms with Crippen LogP contribution in [0.15, 0.2) is 125 Å². The summed E-state index contributed by atoms with van der Waals surface area (Å²) in [5, 5.41) is 29.1. The molecule has 0 aliphatic carbocycles. The number of halogens is 7. The summed E-state index contributed by atoms with van der Waals surface area (Å²) in [7, 11) is -7.85. The summed E-state index contributed by atoms with van der Waals surface area (Å²) in [5.74, 6) is -2.42. The van der Waals surface area contributed by atoms with Crippen molar-refractivity contribution in [2.24, 2.45) is 0 Å². The number of nitrogens with one attached hydrogen (secondary N) is 4. The van der Waals surface area contributed by atoms with E-state index in [0.29, 0.717) is 12.4 Å². The molecule has 2 unspecified atom stereocenters. The highest BCUT2D eigenvalue weighted by Gasteiger charge is 2.34. The number of aromatic hydroxyl groups is 2. The van der Waals surface area contributed by atoms with Crippen LogP contribution in [0.2, 0.25) is 20.1 Å². The largest absolute Gasteiger partial charge is 0.506 e. The van der Waals surface area contributed by atoms with Crippen LogP contribution in [0, 0.1) is 6.92 Å². The number of phenols is 2. The highest BCUT2D eigenvalue weighted by Crippen LogP contribution is 2.38. The molecule has 0 spiro atoms. The molecule has 0 radical (unpaired) electrons. The zero-order chi connectivity index (χ0) is 62.4. The monoisotopic (exact) mass is 1280 g/mol. The van der Waals surface area contributed by atoms with Gasteiger partial charge in [0.1, 0.15) is 34.7 Å². The predicted octanol–water partition coefficient (Wildman–Crippen LogP) is 16.2. The van der Waals surface area contributed by atoms with Gasteiger partial charge in [0.15, 0.2) is 19.7 Å². The molecule has 0 saturated heterocycles. The van der Waals surface area contributed by atoms with Crippen LogP contribution in [0.25, 0.3) is 0 Å². The van der Waals surface area contributed by atoms with Crippen LogP contribution in [0.3, 0.4) is 0 Å². The number of hydrogen-bond donors (Lipinski definition) is 6. The minimum absolute atomic E-state index is 0.00739. The Balaban J connectivity index is 0.000000364. The molecule has 24 heteroatoms. The highest BCUT2D eigenvalue weighted by molar-refractivity contribution is 7.93. The summed E-state index contributed by atoms with van der Waals surface area (Å²) in [5.41, 5.74) is -0.0145. The molecule has 0 saturated carbocycles. The van der Waals surface area contributed by atoms with E-state index in [4.69, 9.17) is 55.9 Å². The maximum absolute atomic E-state index is 13.4. The molecule has 0 aromatic heterocycles. The van der Waals surface area contributed by atoms with Crippen molar-refractivity contribution in [2.45, 2.75) is 131 Å². The van der Waals surface area contributed by atoms with Gasteiger partial charge in [-0.25, -0.2) is 16.8 Å². The third-order valence-electron chi connectivity index (χ3n) is 12.9. The van der Waals surface area contributed by atoms with Gasteiger partial charge in [-0.05, 0) is 123 Å². The Bertz CT molecular complexity index is 3420. The number of benzene rings is 6. The minimum Gasteiger partial charge on any atom is -0.506 e. The molecule has 84 heavy (non-hydrogen) atoms. The van der Waals surface area contributed by atoms with E-state index >= 15 is 0 Å². The molecular formula is C60H67Cl4F3N4O11S2. The smallest absolute Gasteiger partial charge is 0.416 e. The van der Waals surface area contributed by atoms with Gasteiger partial charge >= 0.3 is 6.18 Å². The quantitative estimate of drug-likeness (QED) is 0.0220. The lowest BCUT2D eigenvalue weighted by Gasteiger charge is -2.21. The van der Waals surface area contributed by atoms with E-state index in [1.165, 1.54) is 106 Å². The van der Waals surface area contributed by atoms with Gasteiger partial charge in [0.05, 0.1) is 64.8 Å². The van der Waals surface area contributed by atoms with Crippen LogP contribution in [0.1, 0.15) is 130 Å². The summed E-state index contributed by atoms with van der Waals surface area (Å²) < 4.78 is 96.9. The second-order valence-corrected chi connectivity index (χ2v) is 25.0. The maximum Gasteiger partial charge on any atom is 0.416 e. The number of alkyl halides is 3. The molecule has 0 bridgehead atoms. The molecule has 15 nitrogen and oxygen atoms in total. The fourth-order valence-corrected chi connectivity index (χ4v) is 12.3. The first kappa shape index (κ1) is 69.9. The van der Waals surface area contributed by atoms with Gasteiger partial charge in [-0.3, -0.25) is 14.4 Å². The van der Waals surface area contributed by atoms with E-state index in [2.05, 4.69) is 28.2 Å². The molecular weight excluding hydrogens is 1220 g/mol. The molecule has 2 atom stereocenters. The van der Waals surface area contributed by atoms with Gasteiger partial charge < -0.3 is 41.0 Å². The van der Waals surface area contributed by atoms with Crippen molar-refractivity contribution in [1.29, 1.82) is 0 Å². The number of phenolic OH excluding ortho intramolecular Hbond substituents is 2. The van der Waals surface area contributed by atoms with Crippen molar-refractivity contribution in [2.75, 3.05) is 27.9 Å². The second-order valence-electron chi connectivity index (χ2n) is 19.1. The van der Waals surface area contributed by atoms with Crippen LogP contribution in [0.4, 0.5) is 35.9 Å². The fourth-order valence-electron chi connectivity index (χ4n) is 8.32. The molecule has 6 aromatic rings. The number of amides is 3. The van der Waals surface area contributed by atoms with Gasteiger partial charge in [0, 0.05) is 23.3 Å². The number of hydrogen-bond acceptors (Lipinski definition) is 12. The van der Waals surface area contributed by atoms with E-state index in [-0.39, 0.29) is 76.6 Å². The molecule has 3 amide bonds. The molecule has 6 aromatic carbocycles. The summed E-state index contributed by atoms with van der Waals surface area (Å²) >= 11 is 24.5. The van der Waals surface area contributed by atoms with Crippen molar-refractivity contribution < 1.29 is 64.1 Å². The zero-order valence-electron chi connectivity index (χ0n) is 46.6. The SMILES string of the molecule is C=O.CCC(Nc1cc(O)c(NC(=O)c2ccc(C(F)(F)F)cc2)cc1Cl)S(=O)(=O)c1cccc(C)c1.CCCCCCCCCCCCOc1ccc(S(=O)(=O)C(CC)C(=O)Nc2cc(O)c(NC(=O)c3ccc(Cl)c(Cl)c3)cc2Cl)cc1. The zero-order valence-corrected chi connectivity index (χ0v) is 51.2. The molecule has 454 valence electrons. The summed E-state index contributed by atoms with van der Waals surface area (Å²) in [4.78, 5) is 46.4. The Labute approximate surface area is 508 Å². The van der Waals surface area contributed by atoms with E-state index in [9.17, 15) is 54.6 Å². The van der Waals surface area contributed by atoms with Gasteiger partial charge in [-0.2, -0.15) is 13.2 Å². The molecule has 6 rings (SSSR count). The number of anilines is 4. The van der Waals surface area contributed by atoms with Gasteiger partial charge in [-0.1, -0.05) is 137 Å². The van der Waals surface area contributed by atoms with Crippen molar-refractivity contribution in [1.82, 2.24) is 0 Å². The summed E-state index contributed by atoms with van der Waals surface area (Å²) in [6.07, 6.45) is 7.92. The van der Waals surface area contributed by atoms with E-state index in [1.54, 1.807) is 51.1 Å². The van der Waals surface area contributed by atoms with E-state index in [0.717, 1.165) is 48.7 Å². The predicted molar refractivity (Wildman–Crippen MR) is 327 cm³/mol. The number of ether oxygens (including phenoxy) is 1. The Morgan fingerprint density at radius 1 is 0.560 bits per heavy atom. The lowest BCUT2D eigenvalue weighted by molar-refractivity contribution is -0.137. The summed E-state index contributed by atoms with van der Waals surface area (Å²) in [6.45, 7) is 9.82. The van der Waals surface area contributed by atoms with Gasteiger partial charge in [0.2, 0.25) is 5.91 Å². The van der Waals surface area contributed by atoms with Crippen LogP contribution < -0.4 is 26.0 Å². The number of sulfone groups is 2. The maximum atomic E-state index is 13.4. The lowest BCUT2D eigenvalue weighted by Crippen LogP contribution is -2.34. The first-order chi connectivity index (χ1) is 39.8. The molecule has 0 aliphatic rings. The Kier molecular flexibility index (Phi) is 27.7. The topological polar surface area (TPSA) is 234 Å².